The van der Waals surface area contributed by atoms with Crippen LogP contribution >= 0.6 is 11.8 Å². The molecule has 0 radical (unpaired) electrons. The molecule has 4 heteroatoms. The highest BCUT2D eigenvalue weighted by molar-refractivity contribution is 7.98. The smallest absolute Gasteiger partial charge is 0.138 e. The van der Waals surface area contributed by atoms with E-state index in [1.165, 1.54) is 17.7 Å². The molecule has 1 N–H and O–H groups in total. The van der Waals surface area contributed by atoms with E-state index < -0.39 is 0 Å². The highest BCUT2D eigenvalue weighted by Gasteiger charge is 2.08. The molecule has 0 saturated carbocycles. The van der Waals surface area contributed by atoms with Crippen LogP contribution in [0.4, 0.5) is 0 Å². The lowest BCUT2D eigenvalue weighted by Crippen LogP contribution is -2.24. The molecule has 0 aliphatic rings. The first-order valence-electron chi connectivity index (χ1n) is 7.68. The van der Waals surface area contributed by atoms with E-state index in [0.29, 0.717) is 6.04 Å². The van der Waals surface area contributed by atoms with Crippen LogP contribution in [0.15, 0.2) is 0 Å². The highest BCUT2D eigenvalue weighted by Crippen LogP contribution is 2.16. The van der Waals surface area contributed by atoms with Crippen molar-refractivity contribution in [3.63, 3.8) is 0 Å². The zero-order chi connectivity index (χ0) is 15.0. The average Bonchev–Trinajstić information content (AvgIpc) is 2.37. The number of aromatic nitrogens is 2. The summed E-state index contributed by atoms with van der Waals surface area (Å²) in [6, 6.07) is 0.561. The molecule has 0 unspecified atom stereocenters. The van der Waals surface area contributed by atoms with Crippen LogP contribution in [-0.2, 0) is 12.2 Å². The fourth-order valence-corrected chi connectivity index (χ4v) is 2.94. The van der Waals surface area contributed by atoms with Gasteiger partial charge >= 0.3 is 0 Å². The second-order valence-electron chi connectivity index (χ2n) is 5.55. The predicted octanol–water partition coefficient (Wildman–Crippen LogP) is 3.67. The Kier molecular flexibility index (Phi) is 8.15. The van der Waals surface area contributed by atoms with E-state index in [1.54, 1.807) is 0 Å². The van der Waals surface area contributed by atoms with E-state index in [9.17, 15) is 0 Å². The number of nitrogens with one attached hydrogen (secondary N) is 1. The Morgan fingerprint density at radius 2 is 1.80 bits per heavy atom. The van der Waals surface area contributed by atoms with E-state index in [2.05, 4.69) is 49.9 Å². The molecule has 0 aromatic carbocycles. The van der Waals surface area contributed by atoms with Crippen molar-refractivity contribution in [1.29, 1.82) is 0 Å². The molecule has 3 nitrogen and oxygen atoms in total. The molecule has 0 aliphatic carbocycles. The van der Waals surface area contributed by atoms with Crippen molar-refractivity contribution in [2.45, 2.75) is 65.7 Å². The number of hydrogen-bond acceptors (Lipinski definition) is 4. The summed E-state index contributed by atoms with van der Waals surface area (Å²) < 4.78 is 0. The average molecular weight is 295 g/mol. The van der Waals surface area contributed by atoms with Crippen molar-refractivity contribution >= 4 is 11.8 Å². The molecule has 0 bridgehead atoms. The van der Waals surface area contributed by atoms with Gasteiger partial charge in [-0.2, -0.15) is 11.8 Å². The molecule has 1 rings (SSSR count). The summed E-state index contributed by atoms with van der Waals surface area (Å²) >= 11 is 1.92. The quantitative estimate of drug-likeness (QED) is 0.705. The Bertz CT molecular complexity index is 382. The van der Waals surface area contributed by atoms with Crippen LogP contribution in [0.5, 0.6) is 0 Å². The minimum atomic E-state index is 0.561. The maximum atomic E-state index is 4.67. The minimum Gasteiger partial charge on any atom is -0.315 e. The number of nitrogens with zero attached hydrogens (tertiary/aromatic N) is 2. The monoisotopic (exact) mass is 295 g/mol. The number of rotatable bonds is 9. The molecular weight excluding hydrogens is 266 g/mol. The van der Waals surface area contributed by atoms with Crippen molar-refractivity contribution in [2.24, 2.45) is 0 Å². The van der Waals surface area contributed by atoms with Gasteiger partial charge in [-0.25, -0.2) is 9.97 Å². The Labute approximate surface area is 128 Å². The lowest BCUT2D eigenvalue weighted by Gasteiger charge is -2.12. The van der Waals surface area contributed by atoms with Crippen molar-refractivity contribution < 1.29 is 0 Å². The van der Waals surface area contributed by atoms with E-state index in [1.807, 2.05) is 11.8 Å². The van der Waals surface area contributed by atoms with Gasteiger partial charge < -0.3 is 5.32 Å². The van der Waals surface area contributed by atoms with Gasteiger partial charge in [0.1, 0.15) is 5.82 Å². The zero-order valence-corrected chi connectivity index (χ0v) is 14.4. The standard InChI is InChI=1S/C16H29N3S/c1-6-10-20-11-16-18-13(4)15(14(5)19-16)8-7-9-17-12(2)3/h12,17H,6-11H2,1-5H3. The van der Waals surface area contributed by atoms with E-state index in [0.717, 1.165) is 42.4 Å². The molecule has 1 heterocycles. The minimum absolute atomic E-state index is 0.561. The van der Waals surface area contributed by atoms with Crippen LogP contribution in [0.3, 0.4) is 0 Å². The maximum absolute atomic E-state index is 4.67. The SMILES string of the molecule is CCCSCc1nc(C)c(CCCNC(C)C)c(C)n1. The van der Waals surface area contributed by atoms with Crippen LogP contribution in [0.25, 0.3) is 0 Å². The summed E-state index contributed by atoms with van der Waals surface area (Å²) in [5.74, 6) is 3.11. The summed E-state index contributed by atoms with van der Waals surface area (Å²) in [6.07, 6.45) is 3.43. The first-order valence-corrected chi connectivity index (χ1v) is 8.84. The van der Waals surface area contributed by atoms with Gasteiger partial charge in [0.15, 0.2) is 0 Å². The van der Waals surface area contributed by atoms with Crippen LogP contribution in [0.2, 0.25) is 0 Å². The second-order valence-corrected chi connectivity index (χ2v) is 6.66. The topological polar surface area (TPSA) is 37.8 Å². The largest absolute Gasteiger partial charge is 0.315 e. The summed E-state index contributed by atoms with van der Waals surface area (Å²) in [4.78, 5) is 9.33. The fraction of sp³-hybridized carbons (Fsp3) is 0.750. The molecule has 0 spiro atoms. The van der Waals surface area contributed by atoms with Crippen molar-refractivity contribution in [2.75, 3.05) is 12.3 Å². The van der Waals surface area contributed by atoms with Crippen LogP contribution in [0.1, 0.15) is 56.4 Å². The normalized spacial score (nSPS) is 11.3. The summed E-state index contributed by atoms with van der Waals surface area (Å²) in [5, 5.41) is 3.46. The first kappa shape index (κ1) is 17.4. The van der Waals surface area contributed by atoms with Gasteiger partial charge in [0, 0.05) is 17.4 Å². The molecule has 1 aromatic rings. The van der Waals surface area contributed by atoms with Gasteiger partial charge in [-0.1, -0.05) is 20.8 Å². The van der Waals surface area contributed by atoms with Crippen molar-refractivity contribution in [3.8, 4) is 0 Å². The lowest BCUT2D eigenvalue weighted by atomic mass is 10.1. The third-order valence-electron chi connectivity index (χ3n) is 3.20. The lowest BCUT2D eigenvalue weighted by molar-refractivity contribution is 0.569. The summed E-state index contributed by atoms with van der Waals surface area (Å²) in [5.41, 5.74) is 3.66. The van der Waals surface area contributed by atoms with Gasteiger partial charge in [0.25, 0.3) is 0 Å². The fourth-order valence-electron chi connectivity index (χ4n) is 2.20. The second kappa shape index (κ2) is 9.35. The van der Waals surface area contributed by atoms with Crippen molar-refractivity contribution in [1.82, 2.24) is 15.3 Å². The van der Waals surface area contributed by atoms with Gasteiger partial charge in [0.05, 0.1) is 5.75 Å². The van der Waals surface area contributed by atoms with Gasteiger partial charge in [-0.15, -0.1) is 0 Å². The molecule has 0 atom stereocenters. The van der Waals surface area contributed by atoms with Crippen LogP contribution in [0, 0.1) is 13.8 Å². The van der Waals surface area contributed by atoms with E-state index in [4.69, 9.17) is 0 Å². The summed E-state index contributed by atoms with van der Waals surface area (Å²) in [6.45, 7) is 11.9. The van der Waals surface area contributed by atoms with Crippen LogP contribution in [-0.4, -0.2) is 28.3 Å². The Hall–Kier alpha value is -0.610. The highest BCUT2D eigenvalue weighted by atomic mass is 32.2. The van der Waals surface area contributed by atoms with Gasteiger partial charge in [-0.3, -0.25) is 0 Å². The van der Waals surface area contributed by atoms with Gasteiger partial charge in [-0.05, 0) is 51.0 Å². The third kappa shape index (κ3) is 6.23. The Morgan fingerprint density at radius 1 is 1.15 bits per heavy atom. The maximum Gasteiger partial charge on any atom is 0.138 e. The molecule has 0 saturated heterocycles. The predicted molar refractivity (Wildman–Crippen MR) is 89.4 cm³/mol. The van der Waals surface area contributed by atoms with Crippen molar-refractivity contribution in [3.05, 3.63) is 22.8 Å². The molecule has 1 aromatic heterocycles. The van der Waals surface area contributed by atoms with Gasteiger partial charge in [0.2, 0.25) is 0 Å². The Morgan fingerprint density at radius 3 is 2.35 bits per heavy atom. The molecule has 20 heavy (non-hydrogen) atoms. The molecule has 0 amide bonds. The third-order valence-corrected chi connectivity index (χ3v) is 4.36. The molecule has 0 fully saturated rings. The number of thioether (sulfide) groups is 1. The van der Waals surface area contributed by atoms with E-state index >= 15 is 0 Å². The Balaban J connectivity index is 2.55. The molecular formula is C16H29N3S. The van der Waals surface area contributed by atoms with E-state index in [-0.39, 0.29) is 0 Å². The summed E-state index contributed by atoms with van der Waals surface area (Å²) in [7, 11) is 0. The molecule has 114 valence electrons. The zero-order valence-electron chi connectivity index (χ0n) is 13.6. The number of aryl methyl sites for hydroxylation is 2. The first-order chi connectivity index (χ1) is 9.54. The molecule has 0 aliphatic heterocycles. The van der Waals surface area contributed by atoms with Crippen LogP contribution < -0.4 is 5.32 Å². The number of hydrogen-bond donors (Lipinski definition) is 1.